The molecule has 42 heavy (non-hydrogen) atoms. The van der Waals surface area contributed by atoms with Crippen LogP contribution in [0.3, 0.4) is 0 Å². The molecule has 0 amide bonds. The Morgan fingerprint density at radius 3 is 2.33 bits per heavy atom. The molecular formula is C34H29N7O. The standard InChI is InChI=1S/C34H29N7O/c1-24-9-8-14-27(19-24)41-22-28(26-12-6-3-7-13-26)31-32(36-23-37-33(31)41)39-15-17-40(18-16-39)34-29(21-35)38-30(42-34)20-25-10-4-2-5-11-25/h2-14,19,22-23H,15-18,20H2,1H3. The van der Waals surface area contributed by atoms with Crippen molar-refractivity contribution in [1.29, 1.82) is 5.26 Å². The van der Waals surface area contributed by atoms with E-state index in [0.717, 1.165) is 52.3 Å². The summed E-state index contributed by atoms with van der Waals surface area (Å²) in [6, 6.07) is 31.1. The Bertz CT molecular complexity index is 1900. The number of hydrogen-bond donors (Lipinski definition) is 0. The molecule has 0 N–H and O–H groups in total. The summed E-state index contributed by atoms with van der Waals surface area (Å²) in [4.78, 5) is 18.5. The topological polar surface area (TPSA) is 87.0 Å². The summed E-state index contributed by atoms with van der Waals surface area (Å²) < 4.78 is 8.30. The Hall–Kier alpha value is -5.42. The molecule has 1 saturated heterocycles. The van der Waals surface area contributed by atoms with Crippen molar-refractivity contribution in [1.82, 2.24) is 19.5 Å². The number of oxazole rings is 1. The number of rotatable bonds is 6. The monoisotopic (exact) mass is 551 g/mol. The van der Waals surface area contributed by atoms with Crippen LogP contribution < -0.4 is 9.80 Å². The molecule has 4 heterocycles. The highest BCUT2D eigenvalue weighted by Crippen LogP contribution is 2.37. The van der Waals surface area contributed by atoms with Crippen molar-refractivity contribution >= 4 is 22.7 Å². The molecule has 0 atom stereocenters. The SMILES string of the molecule is Cc1cccc(-n2cc(-c3ccccc3)c3c(N4CCN(c5oc(Cc6ccccc6)nc5C#N)CC4)ncnc32)c1. The Morgan fingerprint density at radius 1 is 0.857 bits per heavy atom. The van der Waals surface area contributed by atoms with E-state index in [4.69, 9.17) is 14.4 Å². The maximum absolute atomic E-state index is 9.80. The number of fused-ring (bicyclic) bond motifs is 1. The number of hydrogen-bond acceptors (Lipinski definition) is 7. The largest absolute Gasteiger partial charge is 0.423 e. The average molecular weight is 552 g/mol. The number of piperazine rings is 1. The van der Waals surface area contributed by atoms with Gasteiger partial charge in [0.1, 0.15) is 18.2 Å². The Kier molecular flexibility index (Phi) is 6.61. The summed E-state index contributed by atoms with van der Waals surface area (Å²) in [5, 5.41) is 10.8. The second-order valence-electron chi connectivity index (χ2n) is 10.5. The predicted molar refractivity (Wildman–Crippen MR) is 164 cm³/mol. The van der Waals surface area contributed by atoms with Crippen LogP contribution in [0.2, 0.25) is 0 Å². The quantitative estimate of drug-likeness (QED) is 0.245. The number of anilines is 2. The maximum atomic E-state index is 9.80. The summed E-state index contributed by atoms with van der Waals surface area (Å²) in [5.74, 6) is 2.01. The molecule has 6 aromatic rings. The number of aromatic nitrogens is 4. The molecule has 1 aliphatic rings. The Balaban J connectivity index is 1.21. The molecule has 0 radical (unpaired) electrons. The molecule has 0 saturated carbocycles. The number of benzene rings is 3. The van der Waals surface area contributed by atoms with Gasteiger partial charge in [0, 0.05) is 50.0 Å². The first-order valence-electron chi connectivity index (χ1n) is 14.1. The summed E-state index contributed by atoms with van der Waals surface area (Å²) in [6.45, 7) is 4.90. The molecule has 0 aliphatic carbocycles. The summed E-state index contributed by atoms with van der Waals surface area (Å²) in [5.41, 5.74) is 6.78. The van der Waals surface area contributed by atoms with Crippen LogP contribution in [0, 0.1) is 18.3 Å². The van der Waals surface area contributed by atoms with Crippen molar-refractivity contribution in [3.05, 3.63) is 120 Å². The van der Waals surface area contributed by atoms with Crippen LogP contribution in [0.15, 0.2) is 102 Å². The summed E-state index contributed by atoms with van der Waals surface area (Å²) in [6.07, 6.45) is 4.38. The van der Waals surface area contributed by atoms with E-state index in [0.29, 0.717) is 37.0 Å². The van der Waals surface area contributed by atoms with Crippen LogP contribution in [0.1, 0.15) is 22.7 Å². The van der Waals surface area contributed by atoms with Gasteiger partial charge in [0.2, 0.25) is 17.5 Å². The van der Waals surface area contributed by atoms with Gasteiger partial charge in [-0.15, -0.1) is 0 Å². The van der Waals surface area contributed by atoms with Crippen molar-refractivity contribution in [2.75, 3.05) is 36.0 Å². The molecule has 0 bridgehead atoms. The van der Waals surface area contributed by atoms with Crippen LogP contribution in [0.5, 0.6) is 0 Å². The van der Waals surface area contributed by atoms with Crippen molar-refractivity contribution in [3.8, 4) is 22.9 Å². The molecule has 3 aromatic carbocycles. The number of nitrogens with zero attached hydrogens (tertiary/aromatic N) is 7. The van der Waals surface area contributed by atoms with Crippen molar-refractivity contribution in [2.24, 2.45) is 0 Å². The third kappa shape index (κ3) is 4.75. The number of nitriles is 1. The fraction of sp³-hybridized carbons (Fsp3) is 0.176. The van der Waals surface area contributed by atoms with Gasteiger partial charge >= 0.3 is 0 Å². The van der Waals surface area contributed by atoms with E-state index in [1.54, 1.807) is 6.33 Å². The molecule has 1 fully saturated rings. The molecule has 1 aliphatic heterocycles. The lowest BCUT2D eigenvalue weighted by Crippen LogP contribution is -2.47. The van der Waals surface area contributed by atoms with Crippen LogP contribution in [-0.2, 0) is 6.42 Å². The van der Waals surface area contributed by atoms with E-state index in [9.17, 15) is 5.26 Å². The second-order valence-corrected chi connectivity index (χ2v) is 10.5. The highest BCUT2D eigenvalue weighted by atomic mass is 16.4. The first kappa shape index (κ1) is 25.5. The van der Waals surface area contributed by atoms with Gasteiger partial charge in [-0.3, -0.25) is 0 Å². The van der Waals surface area contributed by atoms with Gasteiger partial charge < -0.3 is 18.8 Å². The minimum Gasteiger partial charge on any atom is -0.423 e. The Labute approximate surface area is 244 Å². The normalized spacial score (nSPS) is 13.4. The molecule has 0 spiro atoms. The minimum absolute atomic E-state index is 0.334. The lowest BCUT2D eigenvalue weighted by atomic mass is 10.1. The van der Waals surface area contributed by atoms with Crippen molar-refractivity contribution in [2.45, 2.75) is 13.3 Å². The van der Waals surface area contributed by atoms with Gasteiger partial charge in [0.15, 0.2) is 5.65 Å². The fourth-order valence-corrected chi connectivity index (χ4v) is 5.71. The fourth-order valence-electron chi connectivity index (χ4n) is 5.71. The highest BCUT2D eigenvalue weighted by Gasteiger charge is 2.27. The van der Waals surface area contributed by atoms with E-state index in [1.165, 1.54) is 5.56 Å². The highest BCUT2D eigenvalue weighted by molar-refractivity contribution is 6.02. The number of aryl methyl sites for hydroxylation is 1. The molecule has 7 rings (SSSR count). The van der Waals surface area contributed by atoms with E-state index < -0.39 is 0 Å². The van der Waals surface area contributed by atoms with Crippen LogP contribution in [0.25, 0.3) is 27.8 Å². The van der Waals surface area contributed by atoms with Crippen LogP contribution in [0.4, 0.5) is 11.7 Å². The third-order valence-electron chi connectivity index (χ3n) is 7.75. The molecule has 206 valence electrons. The van der Waals surface area contributed by atoms with Gasteiger partial charge in [-0.2, -0.15) is 5.26 Å². The first-order valence-corrected chi connectivity index (χ1v) is 14.1. The molecular weight excluding hydrogens is 522 g/mol. The van der Waals surface area contributed by atoms with Crippen molar-refractivity contribution < 1.29 is 4.42 Å². The first-order chi connectivity index (χ1) is 20.7. The predicted octanol–water partition coefficient (Wildman–Crippen LogP) is 6.17. The lowest BCUT2D eigenvalue weighted by molar-refractivity contribution is 0.485. The van der Waals surface area contributed by atoms with E-state index in [2.05, 4.69) is 87.1 Å². The van der Waals surface area contributed by atoms with E-state index in [-0.39, 0.29) is 0 Å². The van der Waals surface area contributed by atoms with Gasteiger partial charge in [0.25, 0.3) is 0 Å². The van der Waals surface area contributed by atoms with Gasteiger partial charge in [-0.25, -0.2) is 15.0 Å². The third-order valence-corrected chi connectivity index (χ3v) is 7.75. The Morgan fingerprint density at radius 2 is 1.60 bits per heavy atom. The second kappa shape index (κ2) is 10.9. The molecule has 3 aromatic heterocycles. The summed E-state index contributed by atoms with van der Waals surface area (Å²) in [7, 11) is 0. The molecule has 0 unspecified atom stereocenters. The smallest absolute Gasteiger partial charge is 0.234 e. The molecule has 8 heteroatoms. The van der Waals surface area contributed by atoms with Crippen molar-refractivity contribution in [3.63, 3.8) is 0 Å². The van der Waals surface area contributed by atoms with Gasteiger partial charge in [0.05, 0.1) is 5.39 Å². The zero-order valence-electron chi connectivity index (χ0n) is 23.3. The van der Waals surface area contributed by atoms with Crippen LogP contribution >= 0.6 is 0 Å². The summed E-state index contributed by atoms with van der Waals surface area (Å²) >= 11 is 0. The zero-order chi connectivity index (χ0) is 28.5. The van der Waals surface area contributed by atoms with Crippen LogP contribution in [-0.4, -0.2) is 45.7 Å². The van der Waals surface area contributed by atoms with E-state index in [1.807, 2.05) is 36.4 Å². The molecule has 8 nitrogen and oxygen atoms in total. The van der Waals surface area contributed by atoms with Gasteiger partial charge in [-0.05, 0) is 35.7 Å². The zero-order valence-corrected chi connectivity index (χ0v) is 23.3. The minimum atomic E-state index is 0.334. The van der Waals surface area contributed by atoms with Gasteiger partial charge in [-0.1, -0.05) is 72.8 Å². The average Bonchev–Trinajstić information content (AvgIpc) is 3.64. The lowest BCUT2D eigenvalue weighted by Gasteiger charge is -2.35. The van der Waals surface area contributed by atoms with E-state index >= 15 is 0 Å². The maximum Gasteiger partial charge on any atom is 0.234 e.